The first-order valence-corrected chi connectivity index (χ1v) is 6.75. The van der Waals surface area contributed by atoms with E-state index in [-0.39, 0.29) is 11.3 Å². The van der Waals surface area contributed by atoms with E-state index < -0.39 is 0 Å². The smallest absolute Gasteiger partial charge is 0.225 e. The van der Waals surface area contributed by atoms with E-state index in [1.165, 1.54) is 7.11 Å². The van der Waals surface area contributed by atoms with Gasteiger partial charge in [0.1, 0.15) is 17.5 Å². The van der Waals surface area contributed by atoms with Crippen LogP contribution in [-0.2, 0) is 4.79 Å². The summed E-state index contributed by atoms with van der Waals surface area (Å²) in [5.41, 5.74) is 0.915. The summed E-state index contributed by atoms with van der Waals surface area (Å²) in [6.07, 6.45) is 2.53. The fraction of sp³-hybridized carbons (Fsp3) is 0.429. The average molecular weight is 276 g/mol. The minimum atomic E-state index is -0.0902. The SMILES string of the molecule is COc1cccc(C#N)c1NC(=O)CC1(CS)CC1. The molecule has 0 heterocycles. The molecule has 0 bridgehead atoms. The van der Waals surface area contributed by atoms with E-state index in [0.717, 1.165) is 18.6 Å². The van der Waals surface area contributed by atoms with Gasteiger partial charge in [-0.3, -0.25) is 4.79 Å². The van der Waals surface area contributed by atoms with Crippen molar-refractivity contribution in [1.29, 1.82) is 5.26 Å². The van der Waals surface area contributed by atoms with Crippen LogP contribution in [0.15, 0.2) is 18.2 Å². The van der Waals surface area contributed by atoms with Gasteiger partial charge in [-0.05, 0) is 36.1 Å². The molecule has 1 amide bonds. The number of nitriles is 1. The predicted molar refractivity (Wildman–Crippen MR) is 76.5 cm³/mol. The van der Waals surface area contributed by atoms with Gasteiger partial charge in [0, 0.05) is 6.42 Å². The van der Waals surface area contributed by atoms with Crippen molar-refractivity contribution in [3.63, 3.8) is 0 Å². The van der Waals surface area contributed by atoms with Crippen LogP contribution in [0.2, 0.25) is 0 Å². The topological polar surface area (TPSA) is 62.1 Å². The van der Waals surface area contributed by atoms with Crippen molar-refractivity contribution in [1.82, 2.24) is 0 Å². The summed E-state index contributed by atoms with van der Waals surface area (Å²) in [4.78, 5) is 12.1. The molecule has 0 aromatic heterocycles. The minimum absolute atomic E-state index is 0.0576. The summed E-state index contributed by atoms with van der Waals surface area (Å²) in [5, 5.41) is 11.9. The fourth-order valence-corrected chi connectivity index (χ4v) is 2.44. The maximum Gasteiger partial charge on any atom is 0.225 e. The first-order chi connectivity index (χ1) is 9.14. The fourth-order valence-electron chi connectivity index (χ4n) is 2.02. The van der Waals surface area contributed by atoms with E-state index in [1.54, 1.807) is 18.2 Å². The van der Waals surface area contributed by atoms with E-state index >= 15 is 0 Å². The van der Waals surface area contributed by atoms with E-state index in [2.05, 4.69) is 24.0 Å². The van der Waals surface area contributed by atoms with Crippen LogP contribution in [0, 0.1) is 16.7 Å². The van der Waals surface area contributed by atoms with Gasteiger partial charge in [-0.1, -0.05) is 6.07 Å². The van der Waals surface area contributed by atoms with Gasteiger partial charge in [-0.2, -0.15) is 17.9 Å². The summed E-state index contributed by atoms with van der Waals surface area (Å²) in [7, 11) is 1.52. The molecule has 19 heavy (non-hydrogen) atoms. The van der Waals surface area contributed by atoms with Gasteiger partial charge in [0.2, 0.25) is 5.91 Å². The van der Waals surface area contributed by atoms with E-state index in [0.29, 0.717) is 23.4 Å². The zero-order valence-corrected chi connectivity index (χ0v) is 11.7. The number of nitrogens with zero attached hydrogens (tertiary/aromatic N) is 1. The molecule has 1 aromatic rings. The molecule has 0 saturated heterocycles. The number of benzene rings is 1. The quantitative estimate of drug-likeness (QED) is 0.813. The van der Waals surface area contributed by atoms with Gasteiger partial charge in [0.05, 0.1) is 12.7 Å². The van der Waals surface area contributed by atoms with Crippen molar-refractivity contribution < 1.29 is 9.53 Å². The number of thiol groups is 1. The monoisotopic (exact) mass is 276 g/mol. The van der Waals surface area contributed by atoms with Crippen molar-refractivity contribution in [2.75, 3.05) is 18.2 Å². The van der Waals surface area contributed by atoms with Crippen LogP contribution in [0.4, 0.5) is 5.69 Å². The number of anilines is 1. The number of hydrogen-bond acceptors (Lipinski definition) is 4. The number of para-hydroxylation sites is 1. The largest absolute Gasteiger partial charge is 0.495 e. The van der Waals surface area contributed by atoms with E-state index in [9.17, 15) is 4.79 Å². The number of ether oxygens (including phenoxy) is 1. The van der Waals surface area contributed by atoms with Crippen molar-refractivity contribution in [3.8, 4) is 11.8 Å². The number of carbonyl (C=O) groups is 1. The van der Waals surface area contributed by atoms with Gasteiger partial charge in [-0.15, -0.1) is 0 Å². The Morgan fingerprint density at radius 2 is 2.32 bits per heavy atom. The third kappa shape index (κ3) is 3.02. The molecular weight excluding hydrogens is 260 g/mol. The van der Waals surface area contributed by atoms with E-state index in [4.69, 9.17) is 10.00 Å². The Morgan fingerprint density at radius 1 is 1.58 bits per heavy atom. The molecule has 1 aliphatic rings. The lowest BCUT2D eigenvalue weighted by Crippen LogP contribution is -2.19. The lowest BCUT2D eigenvalue weighted by Gasteiger charge is -2.14. The number of rotatable bonds is 5. The second kappa shape index (κ2) is 5.54. The van der Waals surface area contributed by atoms with Gasteiger partial charge >= 0.3 is 0 Å². The summed E-state index contributed by atoms with van der Waals surface area (Å²) in [6.45, 7) is 0. The summed E-state index contributed by atoms with van der Waals surface area (Å²) < 4.78 is 5.18. The highest BCUT2D eigenvalue weighted by molar-refractivity contribution is 7.80. The van der Waals surface area contributed by atoms with Crippen LogP contribution in [0.25, 0.3) is 0 Å². The van der Waals surface area contributed by atoms with Crippen LogP contribution in [0.1, 0.15) is 24.8 Å². The molecule has 0 atom stereocenters. The van der Waals surface area contributed by atoms with E-state index in [1.807, 2.05) is 0 Å². The maximum absolute atomic E-state index is 12.1. The number of amides is 1. The molecule has 1 fully saturated rings. The lowest BCUT2D eigenvalue weighted by atomic mass is 10.0. The molecule has 1 aliphatic carbocycles. The van der Waals surface area contributed by atoms with Crippen molar-refractivity contribution in [2.24, 2.45) is 5.41 Å². The normalized spacial score (nSPS) is 15.4. The molecule has 4 nitrogen and oxygen atoms in total. The van der Waals surface area contributed by atoms with Crippen molar-refractivity contribution in [3.05, 3.63) is 23.8 Å². The summed E-state index contributed by atoms with van der Waals surface area (Å²) in [5.74, 6) is 1.13. The zero-order valence-electron chi connectivity index (χ0n) is 10.8. The highest BCUT2D eigenvalue weighted by atomic mass is 32.1. The molecule has 0 aliphatic heterocycles. The third-order valence-corrected chi connectivity index (χ3v) is 4.13. The Balaban J connectivity index is 2.14. The molecule has 0 spiro atoms. The van der Waals surface area contributed by atoms with Crippen LogP contribution in [0.3, 0.4) is 0 Å². The second-order valence-electron chi connectivity index (χ2n) is 4.88. The first-order valence-electron chi connectivity index (χ1n) is 6.12. The summed E-state index contributed by atoms with van der Waals surface area (Å²) in [6, 6.07) is 7.16. The molecule has 2 rings (SSSR count). The standard InChI is InChI=1S/C14H16N2O2S/c1-18-11-4-2-3-10(8-15)13(11)16-12(17)7-14(9-19)5-6-14/h2-4,19H,5-7,9H2,1H3,(H,16,17). The lowest BCUT2D eigenvalue weighted by molar-refractivity contribution is -0.117. The molecule has 1 N–H and O–H groups in total. The summed E-state index contributed by atoms with van der Waals surface area (Å²) >= 11 is 4.28. The van der Waals surface area contributed by atoms with Crippen molar-refractivity contribution >= 4 is 24.2 Å². The Kier molecular flexibility index (Phi) is 4.01. The van der Waals surface area contributed by atoms with Gasteiger partial charge < -0.3 is 10.1 Å². The molecule has 1 saturated carbocycles. The molecular formula is C14H16N2O2S. The van der Waals surface area contributed by atoms with Crippen LogP contribution in [-0.4, -0.2) is 18.8 Å². The van der Waals surface area contributed by atoms with Crippen LogP contribution < -0.4 is 10.1 Å². The molecule has 0 unspecified atom stereocenters. The number of methoxy groups -OCH3 is 1. The minimum Gasteiger partial charge on any atom is -0.495 e. The van der Waals surface area contributed by atoms with Gasteiger partial charge in [0.25, 0.3) is 0 Å². The molecule has 5 heteroatoms. The number of hydrogen-bond donors (Lipinski definition) is 2. The molecule has 100 valence electrons. The number of carbonyl (C=O) groups excluding carboxylic acids is 1. The van der Waals surface area contributed by atoms with Gasteiger partial charge in [-0.25, -0.2) is 0 Å². The average Bonchev–Trinajstić information content (AvgIpc) is 3.19. The Morgan fingerprint density at radius 3 is 2.84 bits per heavy atom. The number of nitrogens with one attached hydrogen (secondary N) is 1. The van der Waals surface area contributed by atoms with Crippen molar-refractivity contribution in [2.45, 2.75) is 19.3 Å². The highest BCUT2D eigenvalue weighted by Crippen LogP contribution is 2.49. The Bertz CT molecular complexity index is 533. The molecule has 1 aromatic carbocycles. The Hall–Kier alpha value is -1.67. The highest BCUT2D eigenvalue weighted by Gasteiger charge is 2.43. The Labute approximate surface area is 118 Å². The third-order valence-electron chi connectivity index (χ3n) is 3.46. The first kappa shape index (κ1) is 13.8. The second-order valence-corrected chi connectivity index (χ2v) is 5.19. The predicted octanol–water partition coefficient (Wildman–Crippen LogP) is 2.61. The van der Waals surface area contributed by atoms with Crippen LogP contribution >= 0.6 is 12.6 Å². The van der Waals surface area contributed by atoms with Crippen LogP contribution in [0.5, 0.6) is 5.75 Å². The molecule has 0 radical (unpaired) electrons. The zero-order chi connectivity index (χ0) is 13.9. The van der Waals surface area contributed by atoms with Gasteiger partial charge in [0.15, 0.2) is 0 Å². The maximum atomic E-state index is 12.1.